The Balaban J connectivity index is 0.000000316. The van der Waals surface area contributed by atoms with Crippen molar-refractivity contribution in [2.24, 2.45) is 11.7 Å². The number of anilines is 1. The van der Waals surface area contributed by atoms with E-state index >= 15 is 0 Å². The summed E-state index contributed by atoms with van der Waals surface area (Å²) in [5, 5.41) is 10.3. The van der Waals surface area contributed by atoms with E-state index in [-0.39, 0.29) is 17.5 Å². The van der Waals surface area contributed by atoms with Crippen LogP contribution in [-0.2, 0) is 9.53 Å². The number of ether oxygens (including phenoxy) is 1. The Morgan fingerprint density at radius 1 is 1.07 bits per heavy atom. The van der Waals surface area contributed by atoms with Gasteiger partial charge in [0.05, 0.1) is 17.7 Å². The second-order valence-corrected chi connectivity index (χ2v) is 12.2. The molecule has 2 aliphatic heterocycles. The summed E-state index contributed by atoms with van der Waals surface area (Å²) in [6.45, 7) is 15.8. The van der Waals surface area contributed by atoms with Crippen LogP contribution in [0.5, 0.6) is 0 Å². The van der Waals surface area contributed by atoms with Crippen LogP contribution in [0.1, 0.15) is 84.5 Å². The van der Waals surface area contributed by atoms with Crippen LogP contribution in [0.4, 0.5) is 10.5 Å². The van der Waals surface area contributed by atoms with Crippen LogP contribution in [0, 0.1) is 5.92 Å². The number of nitrogens with two attached hydrogens (primary N) is 2. The molecule has 2 aromatic carbocycles. The number of unbranched alkanes of at least 4 members (excludes halogenated alkanes) is 1. The average Bonchev–Trinajstić information content (AvgIpc) is 3.53. The Morgan fingerprint density at radius 2 is 1.67 bits per heavy atom. The lowest BCUT2D eigenvalue weighted by Gasteiger charge is -2.26. The highest BCUT2D eigenvalue weighted by molar-refractivity contribution is 7.99. The summed E-state index contributed by atoms with van der Waals surface area (Å²) >= 11 is 1.89. The molecule has 4 amide bonds. The van der Waals surface area contributed by atoms with Crippen LogP contribution in [0.15, 0.2) is 36.4 Å². The van der Waals surface area contributed by atoms with Gasteiger partial charge in [-0.2, -0.15) is 11.8 Å². The zero-order valence-electron chi connectivity index (χ0n) is 26.5. The number of primary amides is 1. The number of benzene rings is 2. The van der Waals surface area contributed by atoms with Gasteiger partial charge in [-0.1, -0.05) is 65.3 Å². The molecule has 0 aromatic heterocycles. The molecule has 2 heterocycles. The summed E-state index contributed by atoms with van der Waals surface area (Å²) in [6.07, 6.45) is 3.70. The third-order valence-corrected chi connectivity index (χ3v) is 7.78. The SMILES string of the molecule is CC.CCCCC(=O)NCC(C)(C)OCCC(C)C.NC(=O)c1cccc2c(N)cccc12.O=C1NC2CSCC2N1. The molecular formula is C32H53N5O4S. The molecule has 2 aliphatic rings. The smallest absolute Gasteiger partial charge is 0.315 e. The number of urea groups is 1. The van der Waals surface area contributed by atoms with E-state index in [0.717, 1.165) is 48.1 Å². The summed E-state index contributed by atoms with van der Waals surface area (Å²) in [7, 11) is 0. The highest BCUT2D eigenvalue weighted by Crippen LogP contribution is 2.23. The van der Waals surface area contributed by atoms with E-state index in [1.54, 1.807) is 18.2 Å². The minimum Gasteiger partial charge on any atom is -0.398 e. The monoisotopic (exact) mass is 603 g/mol. The van der Waals surface area contributed by atoms with Gasteiger partial charge in [0.1, 0.15) is 0 Å². The zero-order chi connectivity index (χ0) is 31.7. The first kappa shape index (κ1) is 37.0. The number of carbonyl (C=O) groups is 3. The van der Waals surface area contributed by atoms with Gasteiger partial charge in [0.2, 0.25) is 11.8 Å². The normalized spacial score (nSPS) is 16.9. The molecule has 0 radical (unpaired) electrons. The maximum atomic E-state index is 11.5. The molecule has 0 spiro atoms. The van der Waals surface area contributed by atoms with Gasteiger partial charge < -0.3 is 32.2 Å². The van der Waals surface area contributed by atoms with Gasteiger partial charge >= 0.3 is 6.03 Å². The van der Waals surface area contributed by atoms with Crippen molar-refractivity contribution in [1.82, 2.24) is 16.0 Å². The molecule has 10 heteroatoms. The molecule has 0 bridgehead atoms. The van der Waals surface area contributed by atoms with Crippen molar-refractivity contribution >= 4 is 46.1 Å². The summed E-state index contributed by atoms with van der Waals surface area (Å²) < 4.78 is 5.78. The van der Waals surface area contributed by atoms with E-state index in [1.807, 2.05) is 57.7 Å². The number of fused-ring (bicyclic) bond motifs is 2. The topological polar surface area (TPSA) is 149 Å². The Morgan fingerprint density at radius 3 is 2.24 bits per heavy atom. The molecule has 236 valence electrons. The molecule has 4 rings (SSSR count). The Labute approximate surface area is 256 Å². The van der Waals surface area contributed by atoms with Gasteiger partial charge in [-0.05, 0) is 50.1 Å². The van der Waals surface area contributed by atoms with Gasteiger partial charge in [0, 0.05) is 47.7 Å². The van der Waals surface area contributed by atoms with E-state index in [2.05, 4.69) is 36.7 Å². The Hall–Kier alpha value is -2.98. The van der Waals surface area contributed by atoms with Gasteiger partial charge in [-0.15, -0.1) is 0 Å². The molecule has 0 saturated carbocycles. The molecule has 2 aromatic rings. The molecule has 2 atom stereocenters. The zero-order valence-corrected chi connectivity index (χ0v) is 27.4. The van der Waals surface area contributed by atoms with Gasteiger partial charge in [0.25, 0.3) is 0 Å². The minimum absolute atomic E-state index is 0.00491. The molecule has 2 fully saturated rings. The lowest BCUT2D eigenvalue weighted by atomic mass is 10.0. The number of amides is 4. The van der Waals surface area contributed by atoms with Crippen LogP contribution >= 0.6 is 11.8 Å². The lowest BCUT2D eigenvalue weighted by Crippen LogP contribution is -2.40. The van der Waals surface area contributed by atoms with Crippen molar-refractivity contribution in [2.45, 2.75) is 91.8 Å². The highest BCUT2D eigenvalue weighted by atomic mass is 32.2. The number of thioether (sulfide) groups is 1. The average molecular weight is 604 g/mol. The van der Waals surface area contributed by atoms with E-state index in [4.69, 9.17) is 16.2 Å². The Bertz CT molecular complexity index is 1110. The number of hydrogen-bond donors (Lipinski definition) is 5. The molecular weight excluding hydrogens is 550 g/mol. The Kier molecular flexibility index (Phi) is 17.0. The van der Waals surface area contributed by atoms with Crippen LogP contribution in [-0.4, -0.2) is 60.2 Å². The van der Waals surface area contributed by atoms with E-state index in [1.165, 1.54) is 0 Å². The molecule has 2 unspecified atom stereocenters. The second kappa shape index (κ2) is 19.3. The van der Waals surface area contributed by atoms with E-state index < -0.39 is 5.91 Å². The highest BCUT2D eigenvalue weighted by Gasteiger charge is 2.35. The van der Waals surface area contributed by atoms with Crippen LogP contribution in [0.3, 0.4) is 0 Å². The van der Waals surface area contributed by atoms with E-state index in [0.29, 0.717) is 42.2 Å². The second-order valence-electron chi connectivity index (χ2n) is 11.2. The summed E-state index contributed by atoms with van der Waals surface area (Å²) in [6, 6.07) is 11.6. The largest absolute Gasteiger partial charge is 0.398 e. The van der Waals surface area contributed by atoms with Gasteiger partial charge in [-0.3, -0.25) is 9.59 Å². The van der Waals surface area contributed by atoms with Crippen LogP contribution in [0.25, 0.3) is 10.8 Å². The maximum Gasteiger partial charge on any atom is 0.315 e. The van der Waals surface area contributed by atoms with Gasteiger partial charge in [0.15, 0.2) is 0 Å². The fourth-order valence-electron chi connectivity index (χ4n) is 4.13. The number of nitrogens with one attached hydrogen (secondary N) is 3. The molecule has 9 nitrogen and oxygen atoms in total. The predicted octanol–water partition coefficient (Wildman–Crippen LogP) is 5.46. The quantitative estimate of drug-likeness (QED) is 0.180. The fourth-order valence-corrected chi connectivity index (χ4v) is 5.40. The van der Waals surface area contributed by atoms with Crippen molar-refractivity contribution in [3.05, 3.63) is 42.0 Å². The third-order valence-electron chi connectivity index (χ3n) is 6.59. The number of hydrogen-bond acceptors (Lipinski definition) is 6. The molecule has 2 saturated heterocycles. The van der Waals surface area contributed by atoms with Gasteiger partial charge in [-0.25, -0.2) is 4.79 Å². The summed E-state index contributed by atoms with van der Waals surface area (Å²) in [5.74, 6) is 2.51. The maximum absolute atomic E-state index is 11.5. The first-order valence-electron chi connectivity index (χ1n) is 15.1. The lowest BCUT2D eigenvalue weighted by molar-refractivity contribution is -0.122. The third kappa shape index (κ3) is 13.3. The van der Waals surface area contributed by atoms with Crippen molar-refractivity contribution in [3.8, 4) is 0 Å². The first-order chi connectivity index (χ1) is 19.9. The van der Waals surface area contributed by atoms with Crippen molar-refractivity contribution < 1.29 is 19.1 Å². The summed E-state index contributed by atoms with van der Waals surface area (Å²) in [5.41, 5.74) is 11.9. The minimum atomic E-state index is -0.429. The standard InChI is InChI=1S/C14H29NO2.C11H10N2O.C5H8N2OS.C2H6/c1-6-7-8-13(16)15-11-14(4,5)17-10-9-12(2)3;12-10-6-2-3-7-8(10)4-1-5-9(7)11(13)14;8-5-6-3-1-9-2-4(3)7-5;1-2/h12H,6-11H2,1-5H3,(H,15,16);1-6H,12H2,(H2,13,14);3-4H,1-2H2,(H2,6,7,8);1-2H3. The van der Waals surface area contributed by atoms with Crippen molar-refractivity contribution in [2.75, 3.05) is 30.4 Å². The number of rotatable bonds is 10. The molecule has 42 heavy (non-hydrogen) atoms. The van der Waals surface area contributed by atoms with Crippen molar-refractivity contribution in [1.29, 1.82) is 0 Å². The van der Waals surface area contributed by atoms with E-state index in [9.17, 15) is 14.4 Å². The first-order valence-corrected chi connectivity index (χ1v) is 16.2. The summed E-state index contributed by atoms with van der Waals surface area (Å²) in [4.78, 5) is 33.2. The fraction of sp³-hybridized carbons (Fsp3) is 0.594. The number of carbonyl (C=O) groups excluding carboxylic acids is 3. The predicted molar refractivity (Wildman–Crippen MR) is 177 cm³/mol. The van der Waals surface area contributed by atoms with Crippen molar-refractivity contribution in [3.63, 3.8) is 0 Å². The van der Waals surface area contributed by atoms with Crippen LogP contribution in [0.2, 0.25) is 0 Å². The van der Waals surface area contributed by atoms with Crippen LogP contribution < -0.4 is 27.4 Å². The number of nitrogen functional groups attached to an aromatic ring is 1. The molecule has 0 aliphatic carbocycles. The molecule has 7 N–H and O–H groups in total.